The number of hydrogen-bond acceptors (Lipinski definition) is 3. The lowest BCUT2D eigenvalue weighted by atomic mass is 10.2. The van der Waals surface area contributed by atoms with Gasteiger partial charge in [-0.3, -0.25) is 14.9 Å². The Labute approximate surface area is 127 Å². The Morgan fingerprint density at radius 3 is 2.70 bits per heavy atom. The van der Waals surface area contributed by atoms with Crippen LogP contribution in [0.15, 0.2) is 34.9 Å². The van der Waals surface area contributed by atoms with Crippen molar-refractivity contribution in [2.75, 3.05) is 5.32 Å². The summed E-state index contributed by atoms with van der Waals surface area (Å²) in [5, 5.41) is 13.7. The normalized spacial score (nSPS) is 10.3. The highest BCUT2D eigenvalue weighted by molar-refractivity contribution is 9.10. The second-order valence-electron chi connectivity index (χ2n) is 4.03. The van der Waals surface area contributed by atoms with E-state index in [2.05, 4.69) is 21.2 Å². The maximum Gasteiger partial charge on any atom is 0.292 e. The van der Waals surface area contributed by atoms with Gasteiger partial charge in [-0.1, -0.05) is 11.6 Å². The maximum absolute atomic E-state index is 12.1. The molecule has 1 heterocycles. The fourth-order valence-electron chi connectivity index (χ4n) is 1.70. The summed E-state index contributed by atoms with van der Waals surface area (Å²) < 4.78 is 2.35. The first-order valence-electron chi connectivity index (χ1n) is 5.45. The number of halogens is 2. The van der Waals surface area contributed by atoms with E-state index in [1.807, 2.05) is 0 Å². The number of carbonyl (C=O) groups is 1. The fraction of sp³-hybridized carbons (Fsp3) is 0.0833. The average molecular weight is 359 g/mol. The van der Waals surface area contributed by atoms with Gasteiger partial charge in [0.2, 0.25) is 0 Å². The number of aromatic nitrogens is 1. The molecule has 0 atom stereocenters. The molecule has 1 N–H and O–H groups in total. The fourth-order valence-corrected chi connectivity index (χ4v) is 2.40. The molecule has 0 aliphatic heterocycles. The van der Waals surface area contributed by atoms with Crippen LogP contribution < -0.4 is 5.32 Å². The topological polar surface area (TPSA) is 77.2 Å². The van der Waals surface area contributed by atoms with Crippen LogP contribution in [0.4, 0.5) is 11.4 Å². The van der Waals surface area contributed by atoms with Crippen LogP contribution in [-0.4, -0.2) is 15.4 Å². The van der Waals surface area contributed by atoms with Crippen molar-refractivity contribution in [2.24, 2.45) is 7.05 Å². The first-order chi connectivity index (χ1) is 9.38. The number of nitro benzene ring substituents is 1. The largest absolute Gasteiger partial charge is 0.345 e. The molecule has 0 fully saturated rings. The summed E-state index contributed by atoms with van der Waals surface area (Å²) in [6, 6.07) is 5.61. The highest BCUT2D eigenvalue weighted by atomic mass is 79.9. The van der Waals surface area contributed by atoms with E-state index in [9.17, 15) is 14.9 Å². The summed E-state index contributed by atoms with van der Waals surface area (Å²) >= 11 is 9.06. The minimum absolute atomic E-state index is 0.0600. The third kappa shape index (κ3) is 3.00. The van der Waals surface area contributed by atoms with E-state index in [1.165, 1.54) is 18.2 Å². The van der Waals surface area contributed by atoms with Crippen molar-refractivity contribution in [2.45, 2.75) is 0 Å². The van der Waals surface area contributed by atoms with Gasteiger partial charge in [0.15, 0.2) is 0 Å². The molecule has 0 aliphatic rings. The van der Waals surface area contributed by atoms with Gasteiger partial charge in [0, 0.05) is 28.8 Å². The minimum Gasteiger partial charge on any atom is -0.345 e. The van der Waals surface area contributed by atoms with Crippen molar-refractivity contribution >= 4 is 44.8 Å². The van der Waals surface area contributed by atoms with Crippen LogP contribution in [0.2, 0.25) is 5.02 Å². The van der Waals surface area contributed by atoms with Crippen molar-refractivity contribution in [3.8, 4) is 0 Å². The van der Waals surface area contributed by atoms with Crippen LogP contribution in [0, 0.1) is 10.1 Å². The van der Waals surface area contributed by atoms with Crippen LogP contribution in [0.5, 0.6) is 0 Å². The molecule has 0 spiro atoms. The number of nitrogens with one attached hydrogen (secondary N) is 1. The lowest BCUT2D eigenvalue weighted by Gasteiger charge is -2.07. The molecule has 2 aromatic rings. The summed E-state index contributed by atoms with van der Waals surface area (Å²) in [4.78, 5) is 22.5. The van der Waals surface area contributed by atoms with E-state index in [0.29, 0.717) is 10.7 Å². The lowest BCUT2D eigenvalue weighted by molar-refractivity contribution is -0.383. The molecule has 8 heteroatoms. The van der Waals surface area contributed by atoms with Crippen LogP contribution >= 0.6 is 27.5 Å². The van der Waals surface area contributed by atoms with E-state index >= 15 is 0 Å². The molecule has 20 heavy (non-hydrogen) atoms. The van der Waals surface area contributed by atoms with Gasteiger partial charge in [-0.05, 0) is 34.1 Å². The Balaban J connectivity index is 2.34. The van der Waals surface area contributed by atoms with Gasteiger partial charge in [0.1, 0.15) is 11.4 Å². The number of anilines is 1. The van der Waals surface area contributed by atoms with Gasteiger partial charge >= 0.3 is 0 Å². The number of nitro groups is 1. The molecule has 0 saturated carbocycles. The third-order valence-corrected chi connectivity index (χ3v) is 3.28. The third-order valence-electron chi connectivity index (χ3n) is 2.61. The molecule has 6 nitrogen and oxygen atoms in total. The number of carbonyl (C=O) groups excluding carboxylic acids is 1. The highest BCUT2D eigenvalue weighted by Gasteiger charge is 2.18. The van der Waals surface area contributed by atoms with E-state index in [-0.39, 0.29) is 11.4 Å². The number of nitrogens with zero attached hydrogens (tertiary/aromatic N) is 2. The predicted molar refractivity (Wildman–Crippen MR) is 79.2 cm³/mol. The lowest BCUT2D eigenvalue weighted by Crippen LogP contribution is -2.16. The molecule has 1 aromatic heterocycles. The van der Waals surface area contributed by atoms with Gasteiger partial charge in [-0.25, -0.2) is 0 Å². The predicted octanol–water partition coefficient (Wildman–Crippen LogP) is 3.60. The zero-order chi connectivity index (χ0) is 14.9. The Hall–Kier alpha value is -1.86. The van der Waals surface area contributed by atoms with Gasteiger partial charge in [0.05, 0.1) is 4.92 Å². The van der Waals surface area contributed by atoms with Crippen molar-refractivity contribution in [3.05, 3.63) is 55.8 Å². The van der Waals surface area contributed by atoms with Crippen molar-refractivity contribution in [1.82, 2.24) is 4.57 Å². The minimum atomic E-state index is -0.577. The number of amides is 1. The first kappa shape index (κ1) is 14.5. The average Bonchev–Trinajstić information content (AvgIpc) is 2.68. The summed E-state index contributed by atoms with van der Waals surface area (Å²) in [7, 11) is 1.70. The highest BCUT2D eigenvalue weighted by Crippen LogP contribution is 2.28. The number of rotatable bonds is 3. The molecule has 1 aromatic carbocycles. The van der Waals surface area contributed by atoms with Crippen LogP contribution in [0.25, 0.3) is 0 Å². The summed E-state index contributed by atoms with van der Waals surface area (Å²) in [5.41, 5.74) is 0.215. The zero-order valence-electron chi connectivity index (χ0n) is 10.3. The van der Waals surface area contributed by atoms with Crippen molar-refractivity contribution in [3.63, 3.8) is 0 Å². The van der Waals surface area contributed by atoms with E-state index < -0.39 is 10.8 Å². The van der Waals surface area contributed by atoms with Crippen LogP contribution in [-0.2, 0) is 7.05 Å². The first-order valence-corrected chi connectivity index (χ1v) is 6.62. The molecule has 104 valence electrons. The van der Waals surface area contributed by atoms with Gasteiger partial charge in [0.25, 0.3) is 11.6 Å². The molecule has 1 amide bonds. The van der Waals surface area contributed by atoms with Gasteiger partial charge < -0.3 is 9.88 Å². The molecule has 0 unspecified atom stereocenters. The molecule has 0 saturated heterocycles. The maximum atomic E-state index is 12.1. The quantitative estimate of drug-likeness (QED) is 0.672. The van der Waals surface area contributed by atoms with Gasteiger partial charge in [-0.15, -0.1) is 0 Å². The SMILES string of the molecule is Cn1cc(Br)cc1C(=O)Nc1cc(Cl)ccc1[N+](=O)[O-]. The van der Waals surface area contributed by atoms with Crippen LogP contribution in [0.1, 0.15) is 10.5 Å². The smallest absolute Gasteiger partial charge is 0.292 e. The molecule has 2 rings (SSSR count). The number of hydrogen-bond donors (Lipinski definition) is 1. The molecule has 0 bridgehead atoms. The number of aryl methyl sites for hydroxylation is 1. The number of benzene rings is 1. The monoisotopic (exact) mass is 357 g/mol. The Bertz CT molecular complexity index is 699. The summed E-state index contributed by atoms with van der Waals surface area (Å²) in [5.74, 6) is -0.455. The Morgan fingerprint density at radius 1 is 1.45 bits per heavy atom. The van der Waals surface area contributed by atoms with E-state index in [0.717, 1.165) is 4.47 Å². The second-order valence-corrected chi connectivity index (χ2v) is 5.38. The molecule has 0 aliphatic carbocycles. The van der Waals surface area contributed by atoms with E-state index in [1.54, 1.807) is 23.9 Å². The molecular formula is C12H9BrClN3O3. The van der Waals surface area contributed by atoms with E-state index in [4.69, 9.17) is 11.6 Å². The molecular weight excluding hydrogens is 350 g/mol. The summed E-state index contributed by atoms with van der Waals surface area (Å²) in [6.45, 7) is 0. The Kier molecular flexibility index (Phi) is 4.10. The van der Waals surface area contributed by atoms with Gasteiger partial charge in [-0.2, -0.15) is 0 Å². The second kappa shape index (κ2) is 5.64. The summed E-state index contributed by atoms with van der Waals surface area (Å²) in [6.07, 6.45) is 1.71. The zero-order valence-corrected chi connectivity index (χ0v) is 12.6. The van der Waals surface area contributed by atoms with Crippen molar-refractivity contribution in [1.29, 1.82) is 0 Å². The Morgan fingerprint density at radius 2 is 2.15 bits per heavy atom. The standard InChI is InChI=1S/C12H9BrClN3O3/c1-16-6-7(13)4-11(16)12(18)15-9-5-8(14)2-3-10(9)17(19)20/h2-6H,1H3,(H,15,18). The molecule has 0 radical (unpaired) electrons. The van der Waals surface area contributed by atoms with Crippen LogP contribution in [0.3, 0.4) is 0 Å². The van der Waals surface area contributed by atoms with Crippen molar-refractivity contribution < 1.29 is 9.72 Å².